The Morgan fingerprint density at radius 1 is 1.10 bits per heavy atom. The Balaban J connectivity index is 1.62. The third-order valence-corrected chi connectivity index (χ3v) is 5.71. The molecule has 1 saturated heterocycles. The lowest BCUT2D eigenvalue weighted by atomic mass is 9.76. The van der Waals surface area contributed by atoms with Gasteiger partial charge in [0.05, 0.1) is 6.10 Å². The third kappa shape index (κ3) is 5.88. The van der Waals surface area contributed by atoms with Crippen molar-refractivity contribution in [3.63, 3.8) is 0 Å². The molecule has 0 aromatic carbocycles. The summed E-state index contributed by atoms with van der Waals surface area (Å²) >= 11 is 0. The van der Waals surface area contributed by atoms with E-state index in [1.807, 2.05) is 0 Å². The van der Waals surface area contributed by atoms with Crippen molar-refractivity contribution in [3.8, 4) is 0 Å². The van der Waals surface area contributed by atoms with Crippen molar-refractivity contribution >= 4 is 0 Å². The highest BCUT2D eigenvalue weighted by molar-refractivity contribution is 4.81. The van der Waals surface area contributed by atoms with E-state index in [2.05, 4.69) is 12.3 Å². The van der Waals surface area contributed by atoms with Crippen molar-refractivity contribution in [1.29, 1.82) is 0 Å². The van der Waals surface area contributed by atoms with Gasteiger partial charge in [-0.15, -0.1) is 0 Å². The molecule has 21 heavy (non-hydrogen) atoms. The zero-order chi connectivity index (χ0) is 14.9. The molecule has 1 saturated carbocycles. The van der Waals surface area contributed by atoms with E-state index in [4.69, 9.17) is 10.6 Å². The molecule has 0 amide bonds. The van der Waals surface area contributed by atoms with Crippen LogP contribution in [0.1, 0.15) is 84.0 Å². The summed E-state index contributed by atoms with van der Waals surface area (Å²) in [5.41, 5.74) is 3.11. The van der Waals surface area contributed by atoms with Gasteiger partial charge in [-0.25, -0.2) is 0 Å². The van der Waals surface area contributed by atoms with Gasteiger partial charge in [0.15, 0.2) is 0 Å². The van der Waals surface area contributed by atoms with E-state index >= 15 is 0 Å². The minimum absolute atomic E-state index is 0.526. The Bertz CT molecular complexity index is 258. The Morgan fingerprint density at radius 3 is 2.52 bits per heavy atom. The van der Waals surface area contributed by atoms with Gasteiger partial charge in [0.1, 0.15) is 0 Å². The molecule has 2 aliphatic rings. The summed E-state index contributed by atoms with van der Waals surface area (Å²) in [5.74, 6) is 7.63. The van der Waals surface area contributed by atoms with Gasteiger partial charge in [-0.2, -0.15) is 0 Å². The number of nitrogens with one attached hydrogen (secondary N) is 1. The summed E-state index contributed by atoms with van der Waals surface area (Å²) in [6.45, 7) is 3.28. The van der Waals surface area contributed by atoms with E-state index < -0.39 is 0 Å². The lowest BCUT2D eigenvalue weighted by Gasteiger charge is -2.34. The van der Waals surface area contributed by atoms with E-state index in [-0.39, 0.29) is 0 Å². The van der Waals surface area contributed by atoms with Crippen molar-refractivity contribution in [2.75, 3.05) is 6.61 Å². The average Bonchev–Trinajstić information content (AvgIpc) is 3.03. The minimum Gasteiger partial charge on any atom is -0.378 e. The molecule has 3 heteroatoms. The summed E-state index contributed by atoms with van der Waals surface area (Å²) < 4.78 is 5.71. The van der Waals surface area contributed by atoms with Gasteiger partial charge in [-0.05, 0) is 56.8 Å². The Kier molecular flexibility index (Phi) is 8.05. The smallest absolute Gasteiger partial charge is 0.0576 e. The highest BCUT2D eigenvalue weighted by atomic mass is 16.5. The van der Waals surface area contributed by atoms with Crippen molar-refractivity contribution in [2.24, 2.45) is 17.7 Å². The van der Waals surface area contributed by atoms with E-state index in [0.717, 1.165) is 18.4 Å². The molecule has 2 fully saturated rings. The molecule has 3 N–H and O–H groups in total. The van der Waals surface area contributed by atoms with Crippen molar-refractivity contribution < 1.29 is 4.74 Å². The number of hydrazine groups is 1. The Hall–Kier alpha value is -0.120. The maximum atomic E-state index is 5.83. The topological polar surface area (TPSA) is 47.3 Å². The molecule has 0 aromatic rings. The monoisotopic (exact) mass is 296 g/mol. The lowest BCUT2D eigenvalue weighted by Crippen LogP contribution is -2.42. The van der Waals surface area contributed by atoms with Crippen LogP contribution in [0.25, 0.3) is 0 Å². The number of rotatable bonds is 9. The summed E-state index contributed by atoms with van der Waals surface area (Å²) in [6.07, 6.45) is 16.6. The quantitative estimate of drug-likeness (QED) is 0.496. The third-order valence-electron chi connectivity index (χ3n) is 5.71. The first-order chi connectivity index (χ1) is 10.3. The summed E-state index contributed by atoms with van der Waals surface area (Å²) in [6, 6.07) is 0.526. The average molecular weight is 296 g/mol. The standard InChI is InChI=1S/C18H36N2O/c1-2-3-6-15-10-12-16(13-11-15)18(20-19)9-4-7-17-8-5-14-21-17/h15-18,20H,2-14,19H2,1H3. The summed E-state index contributed by atoms with van der Waals surface area (Å²) in [4.78, 5) is 0. The van der Waals surface area contributed by atoms with E-state index in [0.29, 0.717) is 12.1 Å². The van der Waals surface area contributed by atoms with Crippen LogP contribution < -0.4 is 11.3 Å². The van der Waals surface area contributed by atoms with Crippen LogP contribution in [0.4, 0.5) is 0 Å². The number of hydrogen-bond acceptors (Lipinski definition) is 3. The summed E-state index contributed by atoms with van der Waals surface area (Å²) in [5, 5.41) is 0. The highest BCUT2D eigenvalue weighted by Crippen LogP contribution is 2.34. The number of ether oxygens (including phenoxy) is 1. The normalized spacial score (nSPS) is 31.4. The predicted molar refractivity (Wildman–Crippen MR) is 88.9 cm³/mol. The van der Waals surface area contributed by atoms with Crippen LogP contribution in [-0.4, -0.2) is 18.8 Å². The van der Waals surface area contributed by atoms with Crippen molar-refractivity contribution in [1.82, 2.24) is 5.43 Å². The van der Waals surface area contributed by atoms with Gasteiger partial charge < -0.3 is 4.74 Å². The lowest BCUT2D eigenvalue weighted by molar-refractivity contribution is 0.0994. The van der Waals surface area contributed by atoms with Crippen LogP contribution in [0, 0.1) is 11.8 Å². The molecule has 0 radical (unpaired) electrons. The molecular formula is C18H36N2O. The van der Waals surface area contributed by atoms with Gasteiger partial charge in [-0.3, -0.25) is 11.3 Å². The first-order valence-electron chi connectivity index (χ1n) is 9.41. The summed E-state index contributed by atoms with van der Waals surface area (Å²) in [7, 11) is 0. The zero-order valence-electron chi connectivity index (χ0n) is 14.0. The fourth-order valence-electron chi connectivity index (χ4n) is 4.26. The molecule has 1 aliphatic carbocycles. The minimum atomic E-state index is 0.526. The van der Waals surface area contributed by atoms with Crippen LogP contribution in [0.5, 0.6) is 0 Å². The van der Waals surface area contributed by atoms with Crippen molar-refractivity contribution in [3.05, 3.63) is 0 Å². The first-order valence-corrected chi connectivity index (χ1v) is 9.41. The maximum Gasteiger partial charge on any atom is 0.0576 e. The maximum absolute atomic E-state index is 5.83. The van der Waals surface area contributed by atoms with Gasteiger partial charge in [0.25, 0.3) is 0 Å². The van der Waals surface area contributed by atoms with E-state index in [1.54, 1.807) is 0 Å². The molecule has 124 valence electrons. The molecule has 1 aliphatic heterocycles. The first kappa shape index (κ1) is 17.2. The van der Waals surface area contributed by atoms with E-state index in [9.17, 15) is 0 Å². The second-order valence-corrected chi connectivity index (χ2v) is 7.26. The van der Waals surface area contributed by atoms with Gasteiger partial charge in [-0.1, -0.05) is 39.0 Å². The largest absolute Gasteiger partial charge is 0.378 e. The Labute approximate surface area is 131 Å². The second kappa shape index (κ2) is 9.81. The highest BCUT2D eigenvalue weighted by Gasteiger charge is 2.27. The van der Waals surface area contributed by atoms with Crippen LogP contribution in [0.2, 0.25) is 0 Å². The number of unbranched alkanes of at least 4 members (excludes halogenated alkanes) is 1. The molecule has 1 heterocycles. The molecule has 2 unspecified atom stereocenters. The molecule has 0 bridgehead atoms. The van der Waals surface area contributed by atoms with Crippen LogP contribution in [-0.2, 0) is 4.74 Å². The van der Waals surface area contributed by atoms with Crippen LogP contribution >= 0.6 is 0 Å². The molecule has 3 nitrogen and oxygen atoms in total. The molecule has 0 spiro atoms. The van der Waals surface area contributed by atoms with Gasteiger partial charge in [0, 0.05) is 12.6 Å². The fourth-order valence-corrected chi connectivity index (χ4v) is 4.26. The van der Waals surface area contributed by atoms with Gasteiger partial charge >= 0.3 is 0 Å². The predicted octanol–water partition coefficient (Wildman–Crippen LogP) is 4.16. The molecule has 0 aromatic heterocycles. The van der Waals surface area contributed by atoms with Crippen molar-refractivity contribution in [2.45, 2.75) is 96.1 Å². The number of hydrogen-bond donors (Lipinski definition) is 2. The van der Waals surface area contributed by atoms with Gasteiger partial charge in [0.2, 0.25) is 0 Å². The van der Waals surface area contributed by atoms with Crippen LogP contribution in [0.3, 0.4) is 0 Å². The second-order valence-electron chi connectivity index (χ2n) is 7.26. The van der Waals surface area contributed by atoms with Crippen LogP contribution in [0.15, 0.2) is 0 Å². The fraction of sp³-hybridized carbons (Fsp3) is 1.00. The molecule has 2 atom stereocenters. The molecular weight excluding hydrogens is 260 g/mol. The SMILES string of the molecule is CCCCC1CCC(C(CCCC2CCCO2)NN)CC1. The number of nitrogens with two attached hydrogens (primary N) is 1. The Morgan fingerprint density at radius 2 is 1.90 bits per heavy atom. The van der Waals surface area contributed by atoms with E-state index in [1.165, 1.54) is 77.0 Å². The molecule has 2 rings (SSSR count). The zero-order valence-corrected chi connectivity index (χ0v) is 14.0.